The summed E-state index contributed by atoms with van der Waals surface area (Å²) >= 11 is 0. The van der Waals surface area contributed by atoms with Crippen LogP contribution in [-0.4, -0.2) is 15.7 Å². The van der Waals surface area contributed by atoms with E-state index >= 15 is 0 Å². The van der Waals surface area contributed by atoms with Gasteiger partial charge in [-0.25, -0.2) is 4.68 Å². The predicted molar refractivity (Wildman–Crippen MR) is 113 cm³/mol. The highest BCUT2D eigenvalue weighted by Gasteiger charge is 2.20. The van der Waals surface area contributed by atoms with Crippen molar-refractivity contribution in [2.75, 3.05) is 5.32 Å². The maximum atomic E-state index is 13.2. The first-order chi connectivity index (χ1) is 13.6. The predicted octanol–water partition coefficient (Wildman–Crippen LogP) is 5.41. The van der Waals surface area contributed by atoms with E-state index in [9.17, 15) is 4.79 Å². The van der Waals surface area contributed by atoms with E-state index in [0.717, 1.165) is 33.8 Å². The van der Waals surface area contributed by atoms with Gasteiger partial charge in [0, 0.05) is 11.3 Å². The molecule has 28 heavy (non-hydrogen) atoms. The van der Waals surface area contributed by atoms with Gasteiger partial charge in [-0.2, -0.15) is 5.10 Å². The third-order valence-corrected chi connectivity index (χ3v) is 4.91. The summed E-state index contributed by atoms with van der Waals surface area (Å²) in [6.07, 6.45) is 1.63. The third-order valence-electron chi connectivity index (χ3n) is 4.91. The van der Waals surface area contributed by atoms with E-state index in [-0.39, 0.29) is 5.91 Å². The zero-order chi connectivity index (χ0) is 19.5. The molecule has 0 fully saturated rings. The molecular formula is C24H21N3O. The maximum absolute atomic E-state index is 13.2. The summed E-state index contributed by atoms with van der Waals surface area (Å²) in [5, 5.41) is 7.57. The van der Waals surface area contributed by atoms with E-state index in [2.05, 4.69) is 10.4 Å². The number of nitrogens with zero attached hydrogens (tertiary/aromatic N) is 2. The van der Waals surface area contributed by atoms with Crippen LogP contribution < -0.4 is 5.32 Å². The summed E-state index contributed by atoms with van der Waals surface area (Å²) in [7, 11) is 0. The Morgan fingerprint density at radius 1 is 0.857 bits per heavy atom. The summed E-state index contributed by atoms with van der Waals surface area (Å²) in [4.78, 5) is 13.2. The monoisotopic (exact) mass is 367 g/mol. The number of nitrogens with one attached hydrogen (secondary N) is 1. The van der Waals surface area contributed by atoms with Gasteiger partial charge in [0.2, 0.25) is 0 Å². The highest BCUT2D eigenvalue weighted by Crippen LogP contribution is 2.28. The molecule has 0 bridgehead atoms. The van der Waals surface area contributed by atoms with E-state index in [4.69, 9.17) is 0 Å². The second-order valence-corrected chi connectivity index (χ2v) is 6.72. The van der Waals surface area contributed by atoms with Crippen molar-refractivity contribution in [3.63, 3.8) is 0 Å². The molecule has 4 rings (SSSR count). The first-order valence-corrected chi connectivity index (χ1v) is 9.21. The van der Waals surface area contributed by atoms with Gasteiger partial charge in [0.15, 0.2) is 0 Å². The Labute approximate surface area is 164 Å². The van der Waals surface area contributed by atoms with Gasteiger partial charge in [-0.15, -0.1) is 0 Å². The average Bonchev–Trinajstić information content (AvgIpc) is 3.18. The minimum atomic E-state index is -0.172. The van der Waals surface area contributed by atoms with E-state index in [1.54, 1.807) is 6.20 Å². The number of benzene rings is 3. The molecule has 3 aromatic carbocycles. The van der Waals surface area contributed by atoms with Gasteiger partial charge in [0.05, 0.1) is 23.1 Å². The molecule has 0 saturated heterocycles. The summed E-state index contributed by atoms with van der Waals surface area (Å²) in [5.41, 5.74) is 6.18. The van der Waals surface area contributed by atoms with Gasteiger partial charge in [-0.3, -0.25) is 4.79 Å². The molecule has 0 aliphatic rings. The second kappa shape index (κ2) is 7.53. The van der Waals surface area contributed by atoms with Crippen LogP contribution in [0, 0.1) is 13.8 Å². The number of para-hydroxylation sites is 1. The number of carbonyl (C=O) groups is 1. The highest BCUT2D eigenvalue weighted by molar-refractivity contribution is 6.08. The first kappa shape index (κ1) is 17.7. The van der Waals surface area contributed by atoms with Crippen LogP contribution >= 0.6 is 0 Å². The van der Waals surface area contributed by atoms with Crippen LogP contribution in [0.3, 0.4) is 0 Å². The summed E-state index contributed by atoms with van der Waals surface area (Å²) < 4.78 is 1.81. The molecule has 1 aromatic heterocycles. The number of carbonyl (C=O) groups excluding carboxylic acids is 1. The molecule has 0 atom stereocenters. The fourth-order valence-corrected chi connectivity index (χ4v) is 3.23. The van der Waals surface area contributed by atoms with Crippen LogP contribution in [-0.2, 0) is 0 Å². The van der Waals surface area contributed by atoms with Crippen LogP contribution in [0.4, 0.5) is 5.69 Å². The smallest absolute Gasteiger partial charge is 0.259 e. The van der Waals surface area contributed by atoms with Crippen molar-refractivity contribution in [3.05, 3.63) is 102 Å². The Kier molecular flexibility index (Phi) is 4.77. The number of hydrogen-bond donors (Lipinski definition) is 1. The number of amides is 1. The van der Waals surface area contributed by atoms with E-state index in [1.165, 1.54) is 0 Å². The van der Waals surface area contributed by atoms with Crippen LogP contribution in [0.25, 0.3) is 16.9 Å². The summed E-state index contributed by atoms with van der Waals surface area (Å²) in [6, 6.07) is 25.6. The molecular weight excluding hydrogens is 346 g/mol. The number of hydrogen-bond acceptors (Lipinski definition) is 2. The number of aromatic nitrogens is 2. The molecule has 1 amide bonds. The lowest BCUT2D eigenvalue weighted by molar-refractivity contribution is 0.102. The summed E-state index contributed by atoms with van der Waals surface area (Å²) in [6.45, 7) is 4.05. The Hall–Kier alpha value is -3.66. The Balaban J connectivity index is 1.80. The SMILES string of the molecule is Cc1cccc(NC(=O)c2cnn(-c3ccccc3)c2-c2ccccc2)c1C. The summed E-state index contributed by atoms with van der Waals surface area (Å²) in [5.74, 6) is -0.172. The molecule has 0 saturated carbocycles. The third kappa shape index (κ3) is 3.32. The topological polar surface area (TPSA) is 46.9 Å². The van der Waals surface area contributed by atoms with Gasteiger partial charge in [0.1, 0.15) is 0 Å². The quantitative estimate of drug-likeness (QED) is 0.524. The zero-order valence-electron chi connectivity index (χ0n) is 15.9. The second-order valence-electron chi connectivity index (χ2n) is 6.72. The van der Waals surface area contributed by atoms with Crippen LogP contribution in [0.2, 0.25) is 0 Å². The molecule has 4 nitrogen and oxygen atoms in total. The van der Waals surface area contributed by atoms with E-state index < -0.39 is 0 Å². The molecule has 1 heterocycles. The number of aryl methyl sites for hydroxylation is 1. The zero-order valence-corrected chi connectivity index (χ0v) is 15.9. The van der Waals surface area contributed by atoms with Crippen LogP contribution in [0.1, 0.15) is 21.5 Å². The van der Waals surface area contributed by atoms with Crippen molar-refractivity contribution < 1.29 is 4.79 Å². The largest absolute Gasteiger partial charge is 0.322 e. The number of rotatable bonds is 4. The van der Waals surface area contributed by atoms with Crippen LogP contribution in [0.15, 0.2) is 85.1 Å². The van der Waals surface area contributed by atoms with Crippen molar-refractivity contribution in [1.82, 2.24) is 9.78 Å². The van der Waals surface area contributed by atoms with Crippen molar-refractivity contribution in [2.24, 2.45) is 0 Å². The maximum Gasteiger partial charge on any atom is 0.259 e. The normalized spacial score (nSPS) is 10.6. The van der Waals surface area contributed by atoms with Gasteiger partial charge < -0.3 is 5.32 Å². The molecule has 138 valence electrons. The lowest BCUT2D eigenvalue weighted by Crippen LogP contribution is -2.14. The number of anilines is 1. The average molecular weight is 367 g/mol. The Bertz CT molecular complexity index is 1120. The Morgan fingerprint density at radius 2 is 1.54 bits per heavy atom. The molecule has 0 radical (unpaired) electrons. The molecule has 4 aromatic rings. The molecule has 0 aliphatic heterocycles. The Morgan fingerprint density at radius 3 is 2.25 bits per heavy atom. The van der Waals surface area contributed by atoms with Crippen molar-refractivity contribution >= 4 is 11.6 Å². The van der Waals surface area contributed by atoms with Gasteiger partial charge in [0.25, 0.3) is 5.91 Å². The van der Waals surface area contributed by atoms with Gasteiger partial charge in [-0.1, -0.05) is 60.7 Å². The van der Waals surface area contributed by atoms with Gasteiger partial charge >= 0.3 is 0 Å². The molecule has 0 unspecified atom stereocenters. The van der Waals surface area contributed by atoms with Crippen molar-refractivity contribution in [1.29, 1.82) is 0 Å². The van der Waals surface area contributed by atoms with E-state index in [0.29, 0.717) is 5.56 Å². The molecule has 1 N–H and O–H groups in total. The van der Waals surface area contributed by atoms with Crippen molar-refractivity contribution in [2.45, 2.75) is 13.8 Å². The molecule has 4 heteroatoms. The highest BCUT2D eigenvalue weighted by atomic mass is 16.1. The lowest BCUT2D eigenvalue weighted by atomic mass is 10.1. The fraction of sp³-hybridized carbons (Fsp3) is 0.0833. The van der Waals surface area contributed by atoms with Crippen LogP contribution in [0.5, 0.6) is 0 Å². The molecule has 0 spiro atoms. The van der Waals surface area contributed by atoms with Gasteiger partial charge in [-0.05, 0) is 43.2 Å². The standard InChI is InChI=1S/C24H21N3O/c1-17-10-9-15-22(18(17)2)26-24(28)21-16-25-27(20-13-7-4-8-14-20)23(21)19-11-5-3-6-12-19/h3-16H,1-2H3,(H,26,28). The van der Waals surface area contributed by atoms with Crippen molar-refractivity contribution in [3.8, 4) is 16.9 Å². The molecule has 0 aliphatic carbocycles. The minimum absolute atomic E-state index is 0.172. The first-order valence-electron chi connectivity index (χ1n) is 9.21. The fourth-order valence-electron chi connectivity index (χ4n) is 3.23. The van der Waals surface area contributed by atoms with E-state index in [1.807, 2.05) is 97.4 Å². The lowest BCUT2D eigenvalue weighted by Gasteiger charge is -2.12. The minimum Gasteiger partial charge on any atom is -0.322 e.